The molecule has 5 rings (SSSR count). The number of rotatable bonds is 7. The summed E-state index contributed by atoms with van der Waals surface area (Å²) in [5.74, 6) is -0.794. The fourth-order valence-corrected chi connectivity index (χ4v) is 5.67. The minimum atomic E-state index is -0.625. The molecule has 0 saturated carbocycles. The zero-order valence-corrected chi connectivity index (χ0v) is 21.2. The fraction of sp³-hybridized carbons (Fsp3) is 0.355. The van der Waals surface area contributed by atoms with Gasteiger partial charge in [0.25, 0.3) is 0 Å². The van der Waals surface area contributed by atoms with E-state index in [0.29, 0.717) is 42.4 Å². The SMILES string of the molecule is C.Oc1ccc2c(c1F)CCCC(c1cccc(F)c1Cl)=C2c1ccc(O[C@H]2CCN(CCCF)C2)cc1. The van der Waals surface area contributed by atoms with Crippen molar-refractivity contribution in [3.8, 4) is 11.5 Å². The highest BCUT2D eigenvalue weighted by molar-refractivity contribution is 6.33. The van der Waals surface area contributed by atoms with Crippen molar-refractivity contribution in [2.24, 2.45) is 0 Å². The maximum absolute atomic E-state index is 15.0. The lowest BCUT2D eigenvalue weighted by molar-refractivity contribution is 0.198. The Morgan fingerprint density at radius 1 is 1.00 bits per heavy atom. The van der Waals surface area contributed by atoms with Gasteiger partial charge < -0.3 is 9.84 Å². The quantitative estimate of drug-likeness (QED) is 0.327. The normalized spacial score (nSPS) is 17.6. The smallest absolute Gasteiger partial charge is 0.168 e. The van der Waals surface area contributed by atoms with E-state index in [9.17, 15) is 13.9 Å². The Labute approximate surface area is 227 Å². The summed E-state index contributed by atoms with van der Waals surface area (Å²) in [7, 11) is 0. The number of phenols is 1. The van der Waals surface area contributed by atoms with Crippen molar-refractivity contribution in [1.29, 1.82) is 0 Å². The van der Waals surface area contributed by atoms with E-state index < -0.39 is 11.6 Å². The monoisotopic (exact) mass is 543 g/mol. The van der Waals surface area contributed by atoms with Crippen LogP contribution < -0.4 is 4.74 Å². The number of likely N-dealkylation sites (tertiary alicyclic amines) is 1. The molecule has 3 nitrogen and oxygen atoms in total. The molecule has 1 aliphatic carbocycles. The Balaban J connectivity index is 0.00000336. The molecule has 0 bridgehead atoms. The summed E-state index contributed by atoms with van der Waals surface area (Å²) >= 11 is 6.41. The van der Waals surface area contributed by atoms with Gasteiger partial charge in [-0.3, -0.25) is 9.29 Å². The molecular weight excluding hydrogens is 511 g/mol. The summed E-state index contributed by atoms with van der Waals surface area (Å²) < 4.78 is 48.1. The topological polar surface area (TPSA) is 32.7 Å². The molecule has 1 N–H and O–H groups in total. The Kier molecular flexibility index (Phi) is 9.06. The van der Waals surface area contributed by atoms with Crippen LogP contribution in [0.25, 0.3) is 11.1 Å². The summed E-state index contributed by atoms with van der Waals surface area (Å²) in [5.41, 5.74) is 4.11. The molecule has 202 valence electrons. The second-order valence-electron chi connectivity index (χ2n) is 9.63. The summed E-state index contributed by atoms with van der Waals surface area (Å²) in [6.07, 6.45) is 3.11. The van der Waals surface area contributed by atoms with Crippen molar-refractivity contribution in [2.75, 3.05) is 26.3 Å². The van der Waals surface area contributed by atoms with Gasteiger partial charge in [0, 0.05) is 19.6 Å². The Morgan fingerprint density at radius 3 is 2.55 bits per heavy atom. The molecule has 0 spiro atoms. The first-order valence-corrected chi connectivity index (χ1v) is 13.1. The van der Waals surface area contributed by atoms with Gasteiger partial charge in [-0.05, 0) is 89.8 Å². The van der Waals surface area contributed by atoms with Gasteiger partial charge in [-0.2, -0.15) is 0 Å². The molecule has 0 unspecified atom stereocenters. The molecule has 3 aromatic carbocycles. The average Bonchev–Trinajstić information content (AvgIpc) is 3.25. The standard InChI is InChI=1S/C30H29ClF3NO2.CH4/c31-29-24(5-2-7-26(29)33)22-4-1-6-25-23(12-13-27(36)30(25)34)28(22)19-8-10-20(11-9-19)37-21-14-17-35(18-21)16-3-15-32;/h2,5,7-13,21,36H,1,3-4,6,14-18H2;1H4/t21-;/m0./s1. The maximum atomic E-state index is 15.0. The summed E-state index contributed by atoms with van der Waals surface area (Å²) in [6, 6.07) is 15.4. The van der Waals surface area contributed by atoms with E-state index >= 15 is 4.39 Å². The number of nitrogens with zero attached hydrogens (tertiary/aromatic N) is 1. The van der Waals surface area contributed by atoms with Gasteiger partial charge in [0.05, 0.1) is 11.7 Å². The molecule has 1 saturated heterocycles. The van der Waals surface area contributed by atoms with E-state index in [1.165, 1.54) is 12.1 Å². The molecule has 1 aliphatic heterocycles. The summed E-state index contributed by atoms with van der Waals surface area (Å²) in [4.78, 5) is 2.21. The number of hydrogen-bond acceptors (Lipinski definition) is 3. The third kappa shape index (κ3) is 5.71. The lowest BCUT2D eigenvalue weighted by Gasteiger charge is -2.19. The van der Waals surface area contributed by atoms with Crippen molar-refractivity contribution in [2.45, 2.75) is 45.6 Å². The summed E-state index contributed by atoms with van der Waals surface area (Å²) in [6.45, 7) is 2.09. The van der Waals surface area contributed by atoms with Gasteiger partial charge in [-0.1, -0.05) is 49.4 Å². The van der Waals surface area contributed by atoms with E-state index in [1.54, 1.807) is 18.2 Å². The van der Waals surface area contributed by atoms with E-state index in [2.05, 4.69) is 4.90 Å². The lowest BCUT2D eigenvalue weighted by atomic mass is 9.87. The van der Waals surface area contributed by atoms with Crippen LogP contribution in [0, 0.1) is 11.6 Å². The first kappa shape index (κ1) is 28.1. The van der Waals surface area contributed by atoms with Crippen LogP contribution in [0.15, 0.2) is 54.6 Å². The summed E-state index contributed by atoms with van der Waals surface area (Å²) in [5, 5.41) is 10.1. The third-order valence-corrected chi connectivity index (χ3v) is 7.59. The van der Waals surface area contributed by atoms with Crippen molar-refractivity contribution in [3.05, 3.63) is 93.5 Å². The molecule has 3 aromatic rings. The predicted molar refractivity (Wildman–Crippen MR) is 148 cm³/mol. The van der Waals surface area contributed by atoms with Gasteiger partial charge in [-0.25, -0.2) is 8.78 Å². The lowest BCUT2D eigenvalue weighted by Crippen LogP contribution is -2.26. The van der Waals surface area contributed by atoms with Gasteiger partial charge in [-0.15, -0.1) is 0 Å². The van der Waals surface area contributed by atoms with Crippen LogP contribution >= 0.6 is 11.6 Å². The van der Waals surface area contributed by atoms with E-state index in [1.807, 2.05) is 24.3 Å². The van der Waals surface area contributed by atoms with Gasteiger partial charge in [0.2, 0.25) is 0 Å². The Morgan fingerprint density at radius 2 is 1.79 bits per heavy atom. The molecule has 0 amide bonds. The Hall–Kier alpha value is -2.96. The molecule has 7 heteroatoms. The predicted octanol–water partition coefficient (Wildman–Crippen LogP) is 8.07. The number of fused-ring (bicyclic) bond motifs is 1. The maximum Gasteiger partial charge on any atom is 0.168 e. The van der Waals surface area contributed by atoms with Crippen LogP contribution in [0.2, 0.25) is 5.02 Å². The highest BCUT2D eigenvalue weighted by Crippen LogP contribution is 2.44. The molecule has 0 aromatic heterocycles. The molecule has 2 aliphatic rings. The van der Waals surface area contributed by atoms with Crippen LogP contribution in [0.1, 0.15) is 55.4 Å². The van der Waals surface area contributed by atoms with Crippen LogP contribution in [0.4, 0.5) is 13.2 Å². The highest BCUT2D eigenvalue weighted by Gasteiger charge is 2.26. The van der Waals surface area contributed by atoms with Crippen LogP contribution in [0.5, 0.6) is 11.5 Å². The first-order valence-electron chi connectivity index (χ1n) is 12.7. The molecule has 38 heavy (non-hydrogen) atoms. The zero-order chi connectivity index (χ0) is 25.9. The number of phenolic OH excluding ortho intramolecular Hbond substituents is 1. The second-order valence-corrected chi connectivity index (χ2v) is 10.0. The minimum absolute atomic E-state index is 0. The van der Waals surface area contributed by atoms with Crippen molar-refractivity contribution in [3.63, 3.8) is 0 Å². The number of ether oxygens (including phenoxy) is 1. The van der Waals surface area contributed by atoms with E-state index in [4.69, 9.17) is 16.3 Å². The average molecular weight is 544 g/mol. The molecule has 1 fully saturated rings. The minimum Gasteiger partial charge on any atom is -0.505 e. The van der Waals surface area contributed by atoms with E-state index in [-0.39, 0.29) is 31.0 Å². The van der Waals surface area contributed by atoms with Crippen LogP contribution in [-0.2, 0) is 6.42 Å². The fourth-order valence-electron chi connectivity index (χ4n) is 5.43. The molecule has 0 radical (unpaired) electrons. The van der Waals surface area contributed by atoms with Crippen molar-refractivity contribution in [1.82, 2.24) is 4.90 Å². The number of allylic oxidation sites excluding steroid dienone is 1. The van der Waals surface area contributed by atoms with Gasteiger partial charge in [0.15, 0.2) is 11.6 Å². The zero-order valence-electron chi connectivity index (χ0n) is 20.5. The van der Waals surface area contributed by atoms with Gasteiger partial charge in [0.1, 0.15) is 17.7 Å². The number of aromatic hydroxyl groups is 1. The molecule has 1 heterocycles. The number of halogens is 4. The first-order chi connectivity index (χ1) is 18.0. The van der Waals surface area contributed by atoms with Crippen molar-refractivity contribution < 1.29 is 23.0 Å². The van der Waals surface area contributed by atoms with Crippen molar-refractivity contribution >= 4 is 22.7 Å². The molecular formula is C31H33ClF3NO2. The number of benzene rings is 3. The van der Waals surface area contributed by atoms with E-state index in [0.717, 1.165) is 48.5 Å². The Bertz CT molecular complexity index is 1310. The van der Waals surface area contributed by atoms with Gasteiger partial charge >= 0.3 is 0 Å². The number of alkyl halides is 1. The van der Waals surface area contributed by atoms with Crippen LogP contribution in [-0.4, -0.2) is 42.4 Å². The molecule has 1 atom stereocenters. The third-order valence-electron chi connectivity index (χ3n) is 7.21. The van der Waals surface area contributed by atoms with Crippen LogP contribution in [0.3, 0.4) is 0 Å². The largest absolute Gasteiger partial charge is 0.505 e. The second kappa shape index (κ2) is 12.3. The number of hydrogen-bond donors (Lipinski definition) is 1. The highest BCUT2D eigenvalue weighted by atomic mass is 35.5.